The highest BCUT2D eigenvalue weighted by Crippen LogP contribution is 2.27. The molecule has 0 amide bonds. The van der Waals surface area contributed by atoms with E-state index in [1.54, 1.807) is 12.1 Å². The minimum atomic E-state index is -0.778. The number of rotatable bonds is 3. The Labute approximate surface area is 107 Å². The molecule has 0 radical (unpaired) electrons. The van der Waals surface area contributed by atoms with Crippen LogP contribution in [0.4, 0.5) is 4.39 Å². The lowest BCUT2D eigenvalue weighted by atomic mass is 10.0. The summed E-state index contributed by atoms with van der Waals surface area (Å²) in [5.41, 5.74) is 1.73. The molecular formula is C13H12BrFO2. The molecule has 1 atom stereocenters. The Kier molecular flexibility index (Phi) is 3.64. The number of hydrogen-bond donors (Lipinski definition) is 1. The molecule has 0 bridgehead atoms. The van der Waals surface area contributed by atoms with E-state index in [4.69, 9.17) is 4.42 Å². The third kappa shape index (κ3) is 2.76. The summed E-state index contributed by atoms with van der Waals surface area (Å²) in [6.45, 7) is 1.89. The molecule has 1 N–H and O–H groups in total. The summed E-state index contributed by atoms with van der Waals surface area (Å²) in [5, 5.41) is 10.0. The van der Waals surface area contributed by atoms with Crippen molar-refractivity contribution >= 4 is 15.9 Å². The lowest BCUT2D eigenvalue weighted by Crippen LogP contribution is -2.03. The van der Waals surface area contributed by atoms with Gasteiger partial charge in [0.25, 0.3) is 0 Å². The van der Waals surface area contributed by atoms with Crippen LogP contribution in [0.15, 0.2) is 39.4 Å². The average molecular weight is 299 g/mol. The molecular weight excluding hydrogens is 287 g/mol. The van der Waals surface area contributed by atoms with Crippen LogP contribution in [0.25, 0.3) is 0 Å². The largest absolute Gasteiger partial charge is 0.465 e. The first-order valence-electron chi connectivity index (χ1n) is 5.24. The summed E-state index contributed by atoms with van der Waals surface area (Å²) in [4.78, 5) is 0. The van der Waals surface area contributed by atoms with E-state index in [0.717, 1.165) is 15.6 Å². The molecule has 1 heterocycles. The Morgan fingerprint density at radius 3 is 2.82 bits per heavy atom. The van der Waals surface area contributed by atoms with Gasteiger partial charge in [-0.05, 0) is 52.2 Å². The predicted molar refractivity (Wildman–Crippen MR) is 66.2 cm³/mol. The third-order valence-corrected chi connectivity index (χ3v) is 3.33. The zero-order valence-corrected chi connectivity index (χ0v) is 10.9. The van der Waals surface area contributed by atoms with Crippen LogP contribution in [-0.2, 0) is 6.42 Å². The molecule has 2 rings (SSSR count). The Bertz CT molecular complexity index is 522. The lowest BCUT2D eigenvalue weighted by Gasteiger charge is -2.11. The van der Waals surface area contributed by atoms with E-state index in [9.17, 15) is 9.50 Å². The van der Waals surface area contributed by atoms with Gasteiger partial charge in [-0.15, -0.1) is 0 Å². The summed E-state index contributed by atoms with van der Waals surface area (Å²) in [6.07, 6.45) is 1.05. The zero-order chi connectivity index (χ0) is 12.4. The molecule has 0 saturated carbocycles. The smallest absolute Gasteiger partial charge is 0.146 e. The number of furan rings is 1. The standard InChI is InChI=1S/C13H12BrFO2/c1-8-2-3-10(15)6-9(8)7-12(16)13-11(14)4-5-17-13/h2-6,12,16H,7H2,1H3. The van der Waals surface area contributed by atoms with Crippen LogP contribution in [0.2, 0.25) is 0 Å². The van der Waals surface area contributed by atoms with Gasteiger partial charge in [-0.25, -0.2) is 4.39 Å². The Morgan fingerprint density at radius 2 is 2.18 bits per heavy atom. The van der Waals surface area contributed by atoms with Crippen molar-refractivity contribution in [2.75, 3.05) is 0 Å². The summed E-state index contributed by atoms with van der Waals surface area (Å²) in [6, 6.07) is 6.27. The van der Waals surface area contributed by atoms with Crippen LogP contribution in [-0.4, -0.2) is 5.11 Å². The molecule has 17 heavy (non-hydrogen) atoms. The Morgan fingerprint density at radius 1 is 1.41 bits per heavy atom. The van der Waals surface area contributed by atoms with E-state index in [1.165, 1.54) is 18.4 Å². The zero-order valence-electron chi connectivity index (χ0n) is 9.28. The maximum absolute atomic E-state index is 13.1. The molecule has 0 fully saturated rings. The van der Waals surface area contributed by atoms with Gasteiger partial charge in [-0.1, -0.05) is 6.07 Å². The molecule has 2 aromatic rings. The average Bonchev–Trinajstić information content (AvgIpc) is 2.70. The van der Waals surface area contributed by atoms with Gasteiger partial charge in [-0.2, -0.15) is 0 Å². The van der Waals surface area contributed by atoms with Gasteiger partial charge in [0.15, 0.2) is 0 Å². The molecule has 0 spiro atoms. The third-order valence-electron chi connectivity index (χ3n) is 2.67. The first kappa shape index (κ1) is 12.3. The van der Waals surface area contributed by atoms with Gasteiger partial charge < -0.3 is 9.52 Å². The van der Waals surface area contributed by atoms with E-state index < -0.39 is 6.10 Å². The second kappa shape index (κ2) is 5.02. The van der Waals surface area contributed by atoms with Crippen LogP contribution in [0, 0.1) is 12.7 Å². The van der Waals surface area contributed by atoms with Crippen LogP contribution in [0.1, 0.15) is 23.0 Å². The summed E-state index contributed by atoms with van der Waals surface area (Å²) < 4.78 is 19.0. The van der Waals surface area contributed by atoms with Gasteiger partial charge in [0.2, 0.25) is 0 Å². The first-order valence-corrected chi connectivity index (χ1v) is 6.03. The van der Waals surface area contributed by atoms with Crippen molar-refractivity contribution in [1.82, 2.24) is 0 Å². The Hall–Kier alpha value is -1.13. The topological polar surface area (TPSA) is 33.4 Å². The highest BCUT2D eigenvalue weighted by Gasteiger charge is 2.16. The van der Waals surface area contributed by atoms with E-state index in [2.05, 4.69) is 15.9 Å². The monoisotopic (exact) mass is 298 g/mol. The van der Waals surface area contributed by atoms with Crippen molar-refractivity contribution in [3.05, 3.63) is 57.7 Å². The molecule has 0 aliphatic carbocycles. The quantitative estimate of drug-likeness (QED) is 0.936. The number of benzene rings is 1. The van der Waals surface area contributed by atoms with Gasteiger partial charge in [0.1, 0.15) is 17.7 Å². The molecule has 4 heteroatoms. The number of hydrogen-bond acceptors (Lipinski definition) is 2. The van der Waals surface area contributed by atoms with Crippen molar-refractivity contribution in [2.45, 2.75) is 19.4 Å². The van der Waals surface area contributed by atoms with E-state index >= 15 is 0 Å². The summed E-state index contributed by atoms with van der Waals surface area (Å²) in [7, 11) is 0. The fourth-order valence-electron chi connectivity index (χ4n) is 1.70. The number of aliphatic hydroxyl groups is 1. The van der Waals surface area contributed by atoms with Crippen molar-refractivity contribution in [3.8, 4) is 0 Å². The molecule has 1 aromatic heterocycles. The van der Waals surface area contributed by atoms with Crippen molar-refractivity contribution in [3.63, 3.8) is 0 Å². The molecule has 1 unspecified atom stereocenters. The Balaban J connectivity index is 2.21. The first-order chi connectivity index (χ1) is 8.08. The SMILES string of the molecule is Cc1ccc(F)cc1CC(O)c1occc1Br. The number of aliphatic hydroxyl groups excluding tert-OH is 1. The van der Waals surface area contributed by atoms with Gasteiger partial charge >= 0.3 is 0 Å². The normalized spacial score (nSPS) is 12.7. The highest BCUT2D eigenvalue weighted by molar-refractivity contribution is 9.10. The van der Waals surface area contributed by atoms with E-state index in [-0.39, 0.29) is 5.82 Å². The molecule has 0 saturated heterocycles. The van der Waals surface area contributed by atoms with Crippen molar-refractivity contribution < 1.29 is 13.9 Å². The van der Waals surface area contributed by atoms with Crippen LogP contribution in [0.3, 0.4) is 0 Å². The highest BCUT2D eigenvalue weighted by atomic mass is 79.9. The second-order valence-electron chi connectivity index (χ2n) is 3.92. The molecule has 90 valence electrons. The maximum Gasteiger partial charge on any atom is 0.146 e. The van der Waals surface area contributed by atoms with Gasteiger partial charge in [0, 0.05) is 6.42 Å². The van der Waals surface area contributed by atoms with E-state index in [0.29, 0.717) is 12.2 Å². The van der Waals surface area contributed by atoms with Crippen molar-refractivity contribution in [2.24, 2.45) is 0 Å². The van der Waals surface area contributed by atoms with Crippen LogP contribution in [0.5, 0.6) is 0 Å². The van der Waals surface area contributed by atoms with E-state index in [1.807, 2.05) is 6.92 Å². The number of halogens is 2. The molecule has 0 aliphatic heterocycles. The molecule has 0 aliphatic rings. The summed E-state index contributed by atoms with van der Waals surface area (Å²) in [5.74, 6) is 0.171. The maximum atomic E-state index is 13.1. The lowest BCUT2D eigenvalue weighted by molar-refractivity contribution is 0.149. The minimum Gasteiger partial charge on any atom is -0.465 e. The molecule has 1 aromatic carbocycles. The molecule has 2 nitrogen and oxygen atoms in total. The fourth-order valence-corrected chi connectivity index (χ4v) is 2.17. The number of aryl methyl sites for hydroxylation is 1. The second-order valence-corrected chi connectivity index (χ2v) is 4.78. The predicted octanol–water partition coefficient (Wildman–Crippen LogP) is 3.77. The van der Waals surface area contributed by atoms with Crippen LogP contribution >= 0.6 is 15.9 Å². The minimum absolute atomic E-state index is 0.295. The van der Waals surface area contributed by atoms with Gasteiger partial charge in [0.05, 0.1) is 10.7 Å². The van der Waals surface area contributed by atoms with Gasteiger partial charge in [-0.3, -0.25) is 0 Å². The van der Waals surface area contributed by atoms with Crippen molar-refractivity contribution in [1.29, 1.82) is 0 Å². The summed E-state index contributed by atoms with van der Waals surface area (Å²) >= 11 is 3.29. The van der Waals surface area contributed by atoms with Crippen LogP contribution < -0.4 is 0 Å². The fraction of sp³-hybridized carbons (Fsp3) is 0.231.